The topological polar surface area (TPSA) is 105 Å². The number of hydrogen-bond donors (Lipinski definition) is 1. The predicted molar refractivity (Wildman–Crippen MR) is 93.4 cm³/mol. The molecule has 11 heteroatoms. The number of alkyl halides is 3. The van der Waals surface area contributed by atoms with Crippen molar-refractivity contribution in [2.75, 3.05) is 7.11 Å². The fourth-order valence-electron chi connectivity index (χ4n) is 2.81. The van der Waals surface area contributed by atoms with Gasteiger partial charge in [0.25, 0.3) is 0 Å². The molecule has 28 heavy (non-hydrogen) atoms. The molecule has 0 spiro atoms. The lowest BCUT2D eigenvalue weighted by Gasteiger charge is -2.15. The van der Waals surface area contributed by atoms with Gasteiger partial charge in [0.1, 0.15) is 11.5 Å². The van der Waals surface area contributed by atoms with Gasteiger partial charge in [-0.05, 0) is 30.7 Å². The molecule has 3 aromatic rings. The molecule has 150 valence electrons. The van der Waals surface area contributed by atoms with Crippen LogP contribution in [0.15, 0.2) is 39.8 Å². The summed E-state index contributed by atoms with van der Waals surface area (Å²) in [5.41, 5.74) is 1.08. The van der Waals surface area contributed by atoms with Crippen LogP contribution in [0.4, 0.5) is 13.2 Å². The van der Waals surface area contributed by atoms with E-state index in [1.807, 2.05) is 6.92 Å². The second kappa shape index (κ2) is 6.99. The summed E-state index contributed by atoms with van der Waals surface area (Å²) in [6.45, 7) is 1.84. The first-order valence-corrected chi connectivity index (χ1v) is 9.47. The zero-order chi connectivity index (χ0) is 20.7. The van der Waals surface area contributed by atoms with Crippen LogP contribution in [-0.4, -0.2) is 27.0 Å². The van der Waals surface area contributed by atoms with E-state index in [0.717, 1.165) is 18.2 Å². The van der Waals surface area contributed by atoms with E-state index in [2.05, 4.69) is 9.89 Å². The van der Waals surface area contributed by atoms with Gasteiger partial charge >= 0.3 is 6.36 Å². The normalized spacial score (nSPS) is 12.4. The first-order chi connectivity index (χ1) is 13.0. The number of ether oxygens (including phenoxy) is 2. The van der Waals surface area contributed by atoms with Gasteiger partial charge in [-0.2, -0.15) is 0 Å². The van der Waals surface area contributed by atoms with E-state index >= 15 is 0 Å². The third-order valence-electron chi connectivity index (χ3n) is 3.98. The van der Waals surface area contributed by atoms with Gasteiger partial charge in [0.2, 0.25) is 10.0 Å². The van der Waals surface area contributed by atoms with Crippen molar-refractivity contribution < 1.29 is 35.6 Å². The molecule has 1 heterocycles. The molecule has 0 saturated carbocycles. The maximum Gasteiger partial charge on any atom is 0.573 e. The number of nitrogens with zero attached hydrogens (tertiary/aromatic N) is 1. The fraction of sp³-hybridized carbons (Fsp3) is 0.235. The average molecular weight is 416 g/mol. The second-order valence-corrected chi connectivity index (χ2v) is 7.31. The number of primary sulfonamides is 1. The Balaban J connectivity index is 2.32. The number of rotatable bonds is 5. The molecule has 0 saturated heterocycles. The Labute approximate surface area is 157 Å². The van der Waals surface area contributed by atoms with Crippen molar-refractivity contribution in [2.24, 2.45) is 5.14 Å². The Morgan fingerprint density at radius 3 is 2.46 bits per heavy atom. The number of methoxy groups -OCH3 is 1. The molecule has 0 atom stereocenters. The summed E-state index contributed by atoms with van der Waals surface area (Å²) < 4.78 is 76.2. The molecule has 0 aliphatic carbocycles. The van der Waals surface area contributed by atoms with Gasteiger partial charge in [-0.3, -0.25) is 0 Å². The van der Waals surface area contributed by atoms with Crippen LogP contribution >= 0.6 is 0 Å². The standard InChI is InChI=1S/C17H15F3N2O5S/c1-3-13-12-7-10(14(25-2)8-15(12)27-22-13)11-6-9(26-17(18,19)20)4-5-16(11)28(21,23)24/h4-8H,3H2,1-2H3,(H2,21,23,24). The number of aromatic nitrogens is 1. The lowest BCUT2D eigenvalue weighted by atomic mass is 10.0. The minimum Gasteiger partial charge on any atom is -0.496 e. The highest BCUT2D eigenvalue weighted by Gasteiger charge is 2.32. The Morgan fingerprint density at radius 1 is 1.18 bits per heavy atom. The summed E-state index contributed by atoms with van der Waals surface area (Å²) >= 11 is 0. The molecule has 3 rings (SSSR count). The van der Waals surface area contributed by atoms with Gasteiger partial charge in [-0.25, -0.2) is 13.6 Å². The van der Waals surface area contributed by atoms with Crippen molar-refractivity contribution in [3.63, 3.8) is 0 Å². The van der Waals surface area contributed by atoms with Gasteiger partial charge in [-0.1, -0.05) is 12.1 Å². The summed E-state index contributed by atoms with van der Waals surface area (Å²) in [4.78, 5) is -0.380. The maximum atomic E-state index is 12.6. The molecule has 0 aliphatic rings. The zero-order valence-corrected chi connectivity index (χ0v) is 15.5. The average Bonchev–Trinajstić information content (AvgIpc) is 3.00. The van der Waals surface area contributed by atoms with Crippen LogP contribution in [0.1, 0.15) is 12.6 Å². The maximum absolute atomic E-state index is 12.6. The van der Waals surface area contributed by atoms with Crippen molar-refractivity contribution >= 4 is 21.0 Å². The van der Waals surface area contributed by atoms with E-state index in [4.69, 9.17) is 14.4 Å². The molecule has 0 amide bonds. The lowest BCUT2D eigenvalue weighted by Crippen LogP contribution is -2.18. The van der Waals surface area contributed by atoms with Crippen LogP contribution in [0.3, 0.4) is 0 Å². The van der Waals surface area contributed by atoms with Gasteiger partial charge < -0.3 is 14.0 Å². The van der Waals surface area contributed by atoms with E-state index in [0.29, 0.717) is 23.1 Å². The highest BCUT2D eigenvalue weighted by atomic mass is 32.2. The van der Waals surface area contributed by atoms with Gasteiger partial charge in [0.05, 0.1) is 17.7 Å². The summed E-state index contributed by atoms with van der Waals surface area (Å²) in [5.74, 6) is -0.432. The number of benzene rings is 2. The lowest BCUT2D eigenvalue weighted by molar-refractivity contribution is -0.274. The number of aryl methyl sites for hydroxylation is 1. The number of fused-ring (bicyclic) bond motifs is 1. The number of hydrogen-bond acceptors (Lipinski definition) is 6. The minimum atomic E-state index is -4.95. The monoisotopic (exact) mass is 416 g/mol. The van der Waals surface area contributed by atoms with Gasteiger partial charge in [0, 0.05) is 22.6 Å². The molecule has 0 unspecified atom stereocenters. The summed E-state index contributed by atoms with van der Waals surface area (Å²) in [7, 11) is -2.93. The Hall–Kier alpha value is -2.79. The summed E-state index contributed by atoms with van der Waals surface area (Å²) in [6.07, 6.45) is -4.42. The van der Waals surface area contributed by atoms with E-state index in [-0.39, 0.29) is 21.8 Å². The quantitative estimate of drug-likeness (QED) is 0.681. The molecule has 7 nitrogen and oxygen atoms in total. The Kier molecular flexibility index (Phi) is 4.98. The van der Waals surface area contributed by atoms with Crippen LogP contribution in [0.5, 0.6) is 11.5 Å². The highest BCUT2D eigenvalue weighted by molar-refractivity contribution is 7.89. The molecule has 0 fully saturated rings. The number of sulfonamides is 1. The SMILES string of the molecule is CCc1noc2cc(OC)c(-c3cc(OC(F)(F)F)ccc3S(N)(=O)=O)cc12. The molecule has 1 aromatic heterocycles. The Bertz CT molecular complexity index is 1140. The van der Waals surface area contributed by atoms with Crippen molar-refractivity contribution in [1.29, 1.82) is 0 Å². The van der Waals surface area contributed by atoms with Gasteiger partial charge in [-0.15, -0.1) is 13.2 Å². The molecule has 2 aromatic carbocycles. The number of nitrogens with two attached hydrogens (primary N) is 1. The molecule has 0 radical (unpaired) electrons. The minimum absolute atomic E-state index is 0.105. The largest absolute Gasteiger partial charge is 0.573 e. The first-order valence-electron chi connectivity index (χ1n) is 7.92. The van der Waals surface area contributed by atoms with Crippen molar-refractivity contribution in [2.45, 2.75) is 24.6 Å². The van der Waals surface area contributed by atoms with E-state index in [9.17, 15) is 21.6 Å². The van der Waals surface area contributed by atoms with Crippen LogP contribution in [0.25, 0.3) is 22.1 Å². The molecule has 2 N–H and O–H groups in total. The molecule has 0 bridgehead atoms. The third kappa shape index (κ3) is 3.90. The van der Waals surface area contributed by atoms with E-state index in [1.54, 1.807) is 0 Å². The van der Waals surface area contributed by atoms with Gasteiger partial charge in [0.15, 0.2) is 5.58 Å². The van der Waals surface area contributed by atoms with Crippen molar-refractivity contribution in [3.8, 4) is 22.6 Å². The zero-order valence-electron chi connectivity index (χ0n) is 14.7. The first kappa shape index (κ1) is 20.0. The van der Waals surface area contributed by atoms with Crippen LogP contribution < -0.4 is 14.6 Å². The molecule has 0 aliphatic heterocycles. The van der Waals surface area contributed by atoms with Crippen molar-refractivity contribution in [3.05, 3.63) is 36.0 Å². The summed E-state index contributed by atoms with van der Waals surface area (Å²) in [6, 6.07) is 5.77. The smallest absolute Gasteiger partial charge is 0.496 e. The van der Waals surface area contributed by atoms with Crippen LogP contribution in [-0.2, 0) is 16.4 Å². The van der Waals surface area contributed by atoms with Crippen LogP contribution in [0.2, 0.25) is 0 Å². The van der Waals surface area contributed by atoms with E-state index < -0.39 is 22.1 Å². The fourth-order valence-corrected chi connectivity index (χ4v) is 3.55. The van der Waals surface area contributed by atoms with Crippen molar-refractivity contribution in [1.82, 2.24) is 5.16 Å². The highest BCUT2D eigenvalue weighted by Crippen LogP contribution is 2.40. The second-order valence-electron chi connectivity index (χ2n) is 5.78. The molecular weight excluding hydrogens is 401 g/mol. The van der Waals surface area contributed by atoms with Crippen LogP contribution in [0, 0.1) is 0 Å². The number of halogens is 3. The Morgan fingerprint density at radius 2 is 1.89 bits per heavy atom. The molecular formula is C17H15F3N2O5S. The summed E-state index contributed by atoms with van der Waals surface area (Å²) in [5, 5.41) is 9.73. The predicted octanol–water partition coefficient (Wildman–Crippen LogP) is 3.61. The van der Waals surface area contributed by atoms with E-state index in [1.165, 1.54) is 19.2 Å². The third-order valence-corrected chi connectivity index (χ3v) is 4.95.